The van der Waals surface area contributed by atoms with Crippen molar-refractivity contribution in [3.05, 3.63) is 29.3 Å². The van der Waals surface area contributed by atoms with Gasteiger partial charge in [-0.15, -0.1) is 0 Å². The molecule has 1 heterocycles. The lowest BCUT2D eigenvalue weighted by atomic mass is 10.2. The van der Waals surface area contributed by atoms with E-state index in [0.29, 0.717) is 18.7 Å². The first kappa shape index (κ1) is 10.3. The number of halogens is 3. The van der Waals surface area contributed by atoms with Gasteiger partial charge in [0.1, 0.15) is 17.8 Å². The van der Waals surface area contributed by atoms with Crippen molar-refractivity contribution in [2.75, 3.05) is 18.0 Å². The van der Waals surface area contributed by atoms with Crippen LogP contribution in [0.5, 0.6) is 0 Å². The van der Waals surface area contributed by atoms with Crippen molar-refractivity contribution in [2.45, 2.75) is 19.5 Å². The predicted octanol–water partition coefficient (Wildman–Crippen LogP) is 2.82. The molecule has 0 spiro atoms. The molecule has 1 aliphatic heterocycles. The molecule has 0 bridgehead atoms. The first-order valence-electron chi connectivity index (χ1n) is 4.92. The normalized spacial score (nSPS) is 21.1. The second-order valence-corrected chi connectivity index (χ2v) is 3.87. The van der Waals surface area contributed by atoms with Crippen molar-refractivity contribution in [2.24, 2.45) is 0 Å². The van der Waals surface area contributed by atoms with Gasteiger partial charge in [0.05, 0.1) is 0 Å². The fourth-order valence-corrected chi connectivity index (χ4v) is 1.77. The number of benzene rings is 1. The maximum Gasteiger partial charge on any atom is 0.131 e. The lowest BCUT2D eigenvalue weighted by Crippen LogP contribution is -2.20. The molecule has 4 heteroatoms. The molecule has 1 fully saturated rings. The molecule has 1 atom stereocenters. The van der Waals surface area contributed by atoms with Crippen LogP contribution in [0.2, 0.25) is 0 Å². The zero-order valence-electron chi connectivity index (χ0n) is 8.43. The summed E-state index contributed by atoms with van der Waals surface area (Å²) in [4.78, 5) is 1.66. The molecule has 1 saturated heterocycles. The molecular formula is C11H12F3N. The smallest absolute Gasteiger partial charge is 0.131 e. The van der Waals surface area contributed by atoms with Crippen LogP contribution in [-0.2, 0) is 0 Å². The number of hydrogen-bond donors (Lipinski definition) is 0. The van der Waals surface area contributed by atoms with Crippen LogP contribution in [0, 0.1) is 18.6 Å². The monoisotopic (exact) mass is 215 g/mol. The molecule has 0 aliphatic carbocycles. The number of alkyl halides is 1. The Labute approximate surface area is 86.5 Å². The van der Waals surface area contributed by atoms with Crippen molar-refractivity contribution in [3.8, 4) is 0 Å². The summed E-state index contributed by atoms with van der Waals surface area (Å²) < 4.78 is 39.4. The van der Waals surface area contributed by atoms with Gasteiger partial charge in [-0.25, -0.2) is 13.2 Å². The largest absolute Gasteiger partial charge is 0.368 e. The molecule has 1 aliphatic rings. The second-order valence-electron chi connectivity index (χ2n) is 3.87. The van der Waals surface area contributed by atoms with Gasteiger partial charge in [0.25, 0.3) is 0 Å². The highest BCUT2D eigenvalue weighted by molar-refractivity contribution is 5.49. The van der Waals surface area contributed by atoms with Gasteiger partial charge in [0, 0.05) is 24.3 Å². The van der Waals surface area contributed by atoms with E-state index in [-0.39, 0.29) is 12.1 Å². The molecule has 1 aromatic rings. The lowest BCUT2D eigenvalue weighted by molar-refractivity contribution is 0.364. The van der Waals surface area contributed by atoms with E-state index in [2.05, 4.69) is 0 Å². The van der Waals surface area contributed by atoms with Crippen LogP contribution in [0.1, 0.15) is 12.0 Å². The minimum absolute atomic E-state index is 0.00902. The van der Waals surface area contributed by atoms with E-state index in [0.717, 1.165) is 0 Å². The minimum Gasteiger partial charge on any atom is -0.368 e. The predicted molar refractivity (Wildman–Crippen MR) is 52.8 cm³/mol. The van der Waals surface area contributed by atoms with Crippen LogP contribution in [0.4, 0.5) is 18.9 Å². The molecule has 1 aromatic carbocycles. The number of hydrogen-bond acceptors (Lipinski definition) is 1. The van der Waals surface area contributed by atoms with Crippen molar-refractivity contribution in [3.63, 3.8) is 0 Å². The van der Waals surface area contributed by atoms with Crippen LogP contribution >= 0.6 is 0 Å². The van der Waals surface area contributed by atoms with Gasteiger partial charge in [-0.2, -0.15) is 0 Å². The number of rotatable bonds is 1. The van der Waals surface area contributed by atoms with Crippen LogP contribution < -0.4 is 4.90 Å². The summed E-state index contributed by atoms with van der Waals surface area (Å²) in [5.74, 6) is -1.15. The molecule has 15 heavy (non-hydrogen) atoms. The summed E-state index contributed by atoms with van der Waals surface area (Å²) in [5, 5.41) is 0. The van der Waals surface area contributed by atoms with Crippen LogP contribution in [0.15, 0.2) is 12.1 Å². The maximum atomic E-state index is 13.2. The fourth-order valence-electron chi connectivity index (χ4n) is 1.77. The van der Waals surface area contributed by atoms with E-state index in [4.69, 9.17) is 0 Å². The quantitative estimate of drug-likeness (QED) is 0.696. The average molecular weight is 215 g/mol. The average Bonchev–Trinajstić information content (AvgIpc) is 2.60. The highest BCUT2D eigenvalue weighted by Crippen LogP contribution is 2.25. The molecular weight excluding hydrogens is 203 g/mol. The van der Waals surface area contributed by atoms with Crippen molar-refractivity contribution < 1.29 is 13.2 Å². The molecule has 0 unspecified atom stereocenters. The molecule has 2 rings (SSSR count). The third-order valence-corrected chi connectivity index (χ3v) is 2.76. The van der Waals surface area contributed by atoms with Crippen LogP contribution in [0.25, 0.3) is 0 Å². The summed E-state index contributed by atoms with van der Waals surface area (Å²) in [6.07, 6.45) is -0.464. The van der Waals surface area contributed by atoms with Gasteiger partial charge < -0.3 is 4.90 Å². The van der Waals surface area contributed by atoms with Gasteiger partial charge in [-0.05, 0) is 25.5 Å². The Balaban J connectivity index is 2.29. The van der Waals surface area contributed by atoms with Crippen LogP contribution in [0.3, 0.4) is 0 Å². The molecule has 0 N–H and O–H groups in total. The molecule has 0 aromatic heterocycles. The second kappa shape index (κ2) is 3.76. The topological polar surface area (TPSA) is 3.24 Å². The molecule has 0 amide bonds. The Morgan fingerprint density at radius 1 is 1.27 bits per heavy atom. The first-order chi connectivity index (χ1) is 7.08. The third-order valence-electron chi connectivity index (χ3n) is 2.76. The van der Waals surface area contributed by atoms with Gasteiger partial charge >= 0.3 is 0 Å². The lowest BCUT2D eigenvalue weighted by Gasteiger charge is -2.18. The number of anilines is 1. The Morgan fingerprint density at radius 3 is 2.33 bits per heavy atom. The van der Waals surface area contributed by atoms with Gasteiger partial charge in [-0.3, -0.25) is 0 Å². The van der Waals surface area contributed by atoms with Crippen molar-refractivity contribution in [1.29, 1.82) is 0 Å². The highest BCUT2D eigenvalue weighted by atomic mass is 19.1. The van der Waals surface area contributed by atoms with Crippen molar-refractivity contribution >= 4 is 5.69 Å². The number of nitrogens with zero attached hydrogens (tertiary/aromatic N) is 1. The van der Waals surface area contributed by atoms with E-state index in [1.54, 1.807) is 4.90 Å². The van der Waals surface area contributed by atoms with Gasteiger partial charge in [-0.1, -0.05) is 0 Å². The first-order valence-corrected chi connectivity index (χ1v) is 4.92. The maximum absolute atomic E-state index is 13.2. The Morgan fingerprint density at radius 2 is 1.87 bits per heavy atom. The Bertz CT molecular complexity index is 355. The van der Waals surface area contributed by atoms with E-state index >= 15 is 0 Å². The van der Waals surface area contributed by atoms with E-state index in [9.17, 15) is 13.2 Å². The minimum atomic E-state index is -0.891. The summed E-state index contributed by atoms with van der Waals surface area (Å²) in [5.41, 5.74) is 0.436. The third kappa shape index (κ3) is 1.94. The van der Waals surface area contributed by atoms with E-state index in [1.807, 2.05) is 0 Å². The van der Waals surface area contributed by atoms with Gasteiger partial charge in [0.15, 0.2) is 0 Å². The fraction of sp³-hybridized carbons (Fsp3) is 0.455. The molecule has 82 valence electrons. The molecule has 0 saturated carbocycles. The zero-order valence-corrected chi connectivity index (χ0v) is 8.43. The summed E-state index contributed by atoms with van der Waals surface area (Å²) in [7, 11) is 0. The van der Waals surface area contributed by atoms with Crippen LogP contribution in [-0.4, -0.2) is 19.3 Å². The standard InChI is InChI=1S/C11H12F3N/c1-7-10(13)4-9(5-11(7)14)15-3-2-8(12)6-15/h4-5,8H,2-3,6H2,1H3/t8-/m1/s1. The van der Waals surface area contributed by atoms with E-state index in [1.165, 1.54) is 19.1 Å². The molecule has 1 nitrogen and oxygen atoms in total. The SMILES string of the molecule is Cc1c(F)cc(N2CC[C@@H](F)C2)cc1F. The van der Waals surface area contributed by atoms with Crippen molar-refractivity contribution in [1.82, 2.24) is 0 Å². The zero-order chi connectivity index (χ0) is 11.0. The summed E-state index contributed by atoms with van der Waals surface area (Å²) in [6, 6.07) is 2.52. The molecule has 0 radical (unpaired) electrons. The summed E-state index contributed by atoms with van der Waals surface area (Å²) in [6.45, 7) is 2.13. The van der Waals surface area contributed by atoms with E-state index < -0.39 is 17.8 Å². The highest BCUT2D eigenvalue weighted by Gasteiger charge is 2.23. The Kier molecular flexibility index (Phi) is 2.59. The Hall–Kier alpha value is -1.19. The summed E-state index contributed by atoms with van der Waals surface area (Å²) >= 11 is 0. The van der Waals surface area contributed by atoms with Gasteiger partial charge in [0.2, 0.25) is 0 Å².